The number of amides is 1. The maximum atomic E-state index is 10.5. The molecule has 3 nitrogen and oxygen atoms in total. The van der Waals surface area contributed by atoms with Crippen LogP contribution in [0.15, 0.2) is 18.3 Å². The first-order valence-electron chi connectivity index (χ1n) is 2.92. The molecule has 1 aromatic heterocycles. The molecule has 0 aliphatic heterocycles. The molecule has 0 spiro atoms. The van der Waals surface area contributed by atoms with Crippen LogP contribution in [0.2, 0.25) is 0 Å². The highest BCUT2D eigenvalue weighted by Gasteiger charge is 1.98. The van der Waals surface area contributed by atoms with Gasteiger partial charge in [0.25, 0.3) is 5.91 Å². The average Bonchev–Trinajstić information content (AvgIpc) is 1.88. The topological polar surface area (TPSA) is 56.0 Å². The van der Waals surface area contributed by atoms with Gasteiger partial charge in [-0.2, -0.15) is 0 Å². The number of aryl methyl sites for hydroxylation is 1. The van der Waals surface area contributed by atoms with E-state index in [4.69, 9.17) is 5.73 Å². The van der Waals surface area contributed by atoms with E-state index in [2.05, 4.69) is 4.98 Å². The van der Waals surface area contributed by atoms with Gasteiger partial charge in [0.2, 0.25) is 0 Å². The molecule has 3 heteroatoms. The second kappa shape index (κ2) is 2.47. The van der Waals surface area contributed by atoms with Crippen molar-refractivity contribution >= 4 is 5.91 Å². The van der Waals surface area contributed by atoms with Crippen molar-refractivity contribution in [3.05, 3.63) is 29.6 Å². The third kappa shape index (κ3) is 1.31. The second-order valence-electron chi connectivity index (χ2n) is 2.08. The summed E-state index contributed by atoms with van der Waals surface area (Å²) in [6.45, 7) is 1.88. The van der Waals surface area contributed by atoms with Crippen molar-refractivity contribution in [1.82, 2.24) is 4.98 Å². The smallest absolute Gasteiger partial charge is 0.267 e. The summed E-state index contributed by atoms with van der Waals surface area (Å²) in [5, 5.41) is 0. The van der Waals surface area contributed by atoms with Crippen LogP contribution in [0.1, 0.15) is 17.5 Å². The van der Waals surface area contributed by atoms with Gasteiger partial charge in [0.1, 0.15) is 5.69 Å². The molecule has 1 amide bonds. The average molecular weight is 138 g/mol. The molecule has 1 aromatic rings. The molecule has 0 unspecified atom stereocenters. The number of aromatic nitrogens is 1. The highest BCUT2D eigenvalue weighted by Crippen LogP contribution is 1.97. The van der Waals surface area contributed by atoms with Crippen LogP contribution < -0.4 is 5.73 Å². The monoisotopic (exact) mass is 138 g/mol. The van der Waals surface area contributed by atoms with Crippen molar-refractivity contribution in [2.45, 2.75) is 6.92 Å². The van der Waals surface area contributed by atoms with Gasteiger partial charge in [-0.25, -0.2) is 0 Å². The first kappa shape index (κ1) is 6.74. The molecule has 0 fully saturated rings. The summed E-state index contributed by atoms with van der Waals surface area (Å²) in [6, 6.07) is 3.47. The van der Waals surface area contributed by atoms with Gasteiger partial charge in [0, 0.05) is 7.62 Å². The third-order valence-electron chi connectivity index (χ3n) is 1.17. The minimum atomic E-state index is -0.483. The Labute approximate surface area is 60.4 Å². The molecule has 0 saturated carbocycles. The first-order valence-corrected chi connectivity index (χ1v) is 2.92. The van der Waals surface area contributed by atoms with Crippen molar-refractivity contribution < 1.29 is 6.22 Å². The number of hydrogen-bond acceptors (Lipinski definition) is 2. The Morgan fingerprint density at radius 2 is 2.50 bits per heavy atom. The molecule has 1 heterocycles. The standard InChI is InChI=1S/C7H8N2O.H2/c1-5-2-3-9-6(4-5)7(8)10;/h2-4H,1H3,(H2,8,10);1H. The van der Waals surface area contributed by atoms with Gasteiger partial charge in [0.15, 0.2) is 0 Å². The number of hydrogen-bond donors (Lipinski definition) is 1. The summed E-state index contributed by atoms with van der Waals surface area (Å²) in [5.74, 6) is -0.483. The lowest BCUT2D eigenvalue weighted by molar-refractivity contribution is 0.0995. The molecule has 0 radical (unpaired) electrons. The van der Waals surface area contributed by atoms with Crippen LogP contribution in [0, 0.1) is 6.92 Å². The predicted molar refractivity (Wildman–Crippen MR) is 39.6 cm³/mol. The van der Waals surface area contributed by atoms with E-state index in [1.165, 1.54) is 0 Å². The summed E-state index contributed by atoms with van der Waals surface area (Å²) in [5.41, 5.74) is 6.29. The minimum absolute atomic E-state index is 0. The highest BCUT2D eigenvalue weighted by atomic mass is 16.1. The van der Waals surface area contributed by atoms with E-state index < -0.39 is 5.91 Å². The fraction of sp³-hybridized carbons (Fsp3) is 0.143. The fourth-order valence-corrected chi connectivity index (χ4v) is 0.671. The number of primary amides is 1. The maximum absolute atomic E-state index is 10.5. The Hall–Kier alpha value is -1.38. The summed E-state index contributed by atoms with van der Waals surface area (Å²) < 4.78 is 0. The maximum Gasteiger partial charge on any atom is 0.267 e. The van der Waals surface area contributed by atoms with Gasteiger partial charge in [0.05, 0.1) is 0 Å². The predicted octanol–water partition coefficient (Wildman–Crippen LogP) is 0.735. The molecule has 0 aliphatic rings. The van der Waals surface area contributed by atoms with Crippen LogP contribution >= 0.6 is 0 Å². The molecule has 2 N–H and O–H groups in total. The van der Waals surface area contributed by atoms with Crippen molar-refractivity contribution in [1.29, 1.82) is 0 Å². The lowest BCUT2D eigenvalue weighted by atomic mass is 10.2. The normalized spacial score (nSPS) is 9.30. The quantitative estimate of drug-likeness (QED) is 0.622. The molecule has 0 aromatic carbocycles. The lowest BCUT2D eigenvalue weighted by Gasteiger charge is -1.93. The van der Waals surface area contributed by atoms with Crippen molar-refractivity contribution in [2.24, 2.45) is 5.73 Å². The van der Waals surface area contributed by atoms with E-state index in [1.54, 1.807) is 12.3 Å². The third-order valence-corrected chi connectivity index (χ3v) is 1.17. The molecule has 54 valence electrons. The van der Waals surface area contributed by atoms with Gasteiger partial charge in [-0.15, -0.1) is 0 Å². The Bertz CT molecular complexity index is 262. The van der Waals surface area contributed by atoms with Crippen molar-refractivity contribution in [3.8, 4) is 0 Å². The Morgan fingerprint density at radius 3 is 2.90 bits per heavy atom. The summed E-state index contributed by atoms with van der Waals surface area (Å²) in [6.07, 6.45) is 1.56. The molecule has 0 bridgehead atoms. The molecule has 0 aliphatic carbocycles. The minimum Gasteiger partial charge on any atom is -0.364 e. The molecule has 10 heavy (non-hydrogen) atoms. The van der Waals surface area contributed by atoms with Crippen LogP contribution in [-0.2, 0) is 0 Å². The summed E-state index contributed by atoms with van der Waals surface area (Å²) in [7, 11) is 0. The zero-order valence-corrected chi connectivity index (χ0v) is 5.66. The van der Waals surface area contributed by atoms with Crippen LogP contribution in [0.25, 0.3) is 0 Å². The van der Waals surface area contributed by atoms with Gasteiger partial charge < -0.3 is 5.73 Å². The number of rotatable bonds is 1. The van der Waals surface area contributed by atoms with Gasteiger partial charge in [-0.3, -0.25) is 9.78 Å². The van der Waals surface area contributed by atoms with E-state index in [0.717, 1.165) is 5.56 Å². The van der Waals surface area contributed by atoms with Gasteiger partial charge in [-0.05, 0) is 24.6 Å². The first-order chi connectivity index (χ1) is 4.70. The van der Waals surface area contributed by atoms with Crippen LogP contribution in [0.4, 0.5) is 0 Å². The summed E-state index contributed by atoms with van der Waals surface area (Å²) >= 11 is 0. The zero-order chi connectivity index (χ0) is 7.56. The molecule has 1 rings (SSSR count). The summed E-state index contributed by atoms with van der Waals surface area (Å²) in [4.78, 5) is 14.3. The fourth-order valence-electron chi connectivity index (χ4n) is 0.671. The highest BCUT2D eigenvalue weighted by molar-refractivity contribution is 5.90. The number of nitrogens with two attached hydrogens (primary N) is 1. The van der Waals surface area contributed by atoms with Crippen LogP contribution in [-0.4, -0.2) is 10.9 Å². The molecule has 0 atom stereocenters. The van der Waals surface area contributed by atoms with Crippen LogP contribution in [0.5, 0.6) is 0 Å². The zero-order valence-electron chi connectivity index (χ0n) is 5.66. The SMILES string of the molecule is Cc1ccnc(C(N)=O)c1.[HH]. The van der Waals surface area contributed by atoms with E-state index in [0.29, 0.717) is 5.69 Å². The number of carbonyl (C=O) groups is 1. The number of pyridine rings is 1. The Kier molecular flexibility index (Phi) is 1.67. The largest absolute Gasteiger partial charge is 0.364 e. The lowest BCUT2D eigenvalue weighted by Crippen LogP contribution is -2.12. The molecular weight excluding hydrogens is 128 g/mol. The van der Waals surface area contributed by atoms with E-state index in [9.17, 15) is 4.79 Å². The van der Waals surface area contributed by atoms with E-state index in [1.807, 2.05) is 13.0 Å². The second-order valence-corrected chi connectivity index (χ2v) is 2.08. The van der Waals surface area contributed by atoms with E-state index in [-0.39, 0.29) is 1.43 Å². The molecule has 0 saturated heterocycles. The molecular formula is C7H10N2O. The van der Waals surface area contributed by atoms with E-state index >= 15 is 0 Å². The van der Waals surface area contributed by atoms with Gasteiger partial charge in [-0.1, -0.05) is 0 Å². The Balaban J connectivity index is 0.000001000. The van der Waals surface area contributed by atoms with Crippen LogP contribution in [0.3, 0.4) is 0 Å². The number of carbonyl (C=O) groups excluding carboxylic acids is 1. The van der Waals surface area contributed by atoms with Crippen molar-refractivity contribution in [2.75, 3.05) is 0 Å². The van der Waals surface area contributed by atoms with Gasteiger partial charge >= 0.3 is 0 Å². The van der Waals surface area contributed by atoms with Crippen molar-refractivity contribution in [3.63, 3.8) is 0 Å². The number of nitrogens with zero attached hydrogens (tertiary/aromatic N) is 1. The Morgan fingerprint density at radius 1 is 1.80 bits per heavy atom.